The molecule has 1 aliphatic heterocycles. The molecule has 1 heterocycles. The van der Waals surface area contributed by atoms with Gasteiger partial charge >= 0.3 is 0 Å². The minimum atomic E-state index is -0.172. The molecule has 128 valence electrons. The Labute approximate surface area is 154 Å². The van der Waals surface area contributed by atoms with Crippen molar-refractivity contribution in [3.63, 3.8) is 0 Å². The third kappa shape index (κ3) is 4.50. The van der Waals surface area contributed by atoms with Crippen molar-refractivity contribution in [2.24, 2.45) is 10.9 Å². The van der Waals surface area contributed by atoms with E-state index in [0.29, 0.717) is 12.5 Å². The number of guanidine groups is 1. The number of fused-ring (bicyclic) bond motifs is 1. The first-order valence-corrected chi connectivity index (χ1v) is 8.15. The maximum Gasteiger partial charge on any atom is 0.191 e. The smallest absolute Gasteiger partial charge is 0.191 e. The SMILES string of the molecule is CN=C(NCC1CCCC1O)NC1CCOc2ccccc21.I. The topological polar surface area (TPSA) is 65.9 Å². The molecule has 1 aliphatic carbocycles. The van der Waals surface area contributed by atoms with E-state index in [1.165, 1.54) is 5.56 Å². The summed E-state index contributed by atoms with van der Waals surface area (Å²) in [5.41, 5.74) is 1.18. The average molecular weight is 431 g/mol. The van der Waals surface area contributed by atoms with E-state index in [1.807, 2.05) is 18.2 Å². The fourth-order valence-corrected chi connectivity index (χ4v) is 3.33. The summed E-state index contributed by atoms with van der Waals surface area (Å²) < 4.78 is 5.69. The van der Waals surface area contributed by atoms with E-state index in [9.17, 15) is 5.11 Å². The molecule has 1 saturated carbocycles. The molecule has 0 aromatic heterocycles. The van der Waals surface area contributed by atoms with E-state index in [-0.39, 0.29) is 36.1 Å². The highest BCUT2D eigenvalue weighted by Gasteiger charge is 2.26. The molecule has 0 bridgehead atoms. The number of halogens is 1. The normalized spacial score (nSPS) is 26.7. The van der Waals surface area contributed by atoms with E-state index in [4.69, 9.17) is 4.74 Å². The van der Waals surface area contributed by atoms with Gasteiger partial charge in [-0.1, -0.05) is 24.6 Å². The third-order valence-corrected chi connectivity index (χ3v) is 4.64. The first-order valence-electron chi connectivity index (χ1n) is 8.15. The van der Waals surface area contributed by atoms with Crippen LogP contribution in [0.25, 0.3) is 0 Å². The van der Waals surface area contributed by atoms with Gasteiger partial charge in [0.1, 0.15) is 5.75 Å². The Morgan fingerprint density at radius 2 is 2.13 bits per heavy atom. The molecule has 23 heavy (non-hydrogen) atoms. The molecule has 3 N–H and O–H groups in total. The van der Waals surface area contributed by atoms with E-state index in [2.05, 4.69) is 21.7 Å². The lowest BCUT2D eigenvalue weighted by Gasteiger charge is -2.28. The quantitative estimate of drug-likeness (QED) is 0.391. The van der Waals surface area contributed by atoms with Gasteiger partial charge in [-0.25, -0.2) is 0 Å². The molecule has 3 rings (SSSR count). The number of benzene rings is 1. The molecule has 6 heteroatoms. The van der Waals surface area contributed by atoms with Crippen LogP contribution in [-0.2, 0) is 0 Å². The van der Waals surface area contributed by atoms with Crippen LogP contribution >= 0.6 is 24.0 Å². The zero-order valence-electron chi connectivity index (χ0n) is 13.5. The highest BCUT2D eigenvalue weighted by Crippen LogP contribution is 2.31. The van der Waals surface area contributed by atoms with Crippen LogP contribution in [0.2, 0.25) is 0 Å². The second-order valence-electron chi connectivity index (χ2n) is 6.08. The number of aliphatic hydroxyl groups excluding tert-OH is 1. The molecule has 1 fully saturated rings. The summed E-state index contributed by atoms with van der Waals surface area (Å²) in [5.74, 6) is 2.08. The van der Waals surface area contributed by atoms with Crippen molar-refractivity contribution < 1.29 is 9.84 Å². The molecule has 0 spiro atoms. The lowest BCUT2D eigenvalue weighted by Crippen LogP contribution is -2.43. The van der Waals surface area contributed by atoms with Gasteiger partial charge in [-0.15, -0.1) is 24.0 Å². The molecule has 2 aliphatic rings. The summed E-state index contributed by atoms with van der Waals surface area (Å²) in [7, 11) is 1.78. The van der Waals surface area contributed by atoms with Crippen molar-refractivity contribution in [3.05, 3.63) is 29.8 Å². The number of nitrogens with one attached hydrogen (secondary N) is 2. The van der Waals surface area contributed by atoms with Crippen LogP contribution in [-0.4, -0.2) is 37.4 Å². The lowest BCUT2D eigenvalue weighted by molar-refractivity contribution is 0.134. The molecule has 3 unspecified atom stereocenters. The summed E-state index contributed by atoms with van der Waals surface area (Å²) in [6.07, 6.45) is 3.88. The Morgan fingerprint density at radius 1 is 1.30 bits per heavy atom. The van der Waals surface area contributed by atoms with Gasteiger partial charge in [0.15, 0.2) is 5.96 Å². The van der Waals surface area contributed by atoms with Crippen LogP contribution in [0.3, 0.4) is 0 Å². The van der Waals surface area contributed by atoms with E-state index in [1.54, 1.807) is 7.05 Å². The molecule has 0 amide bonds. The second-order valence-corrected chi connectivity index (χ2v) is 6.08. The molecule has 1 aromatic rings. The first kappa shape index (κ1) is 18.3. The van der Waals surface area contributed by atoms with Crippen molar-refractivity contribution in [1.82, 2.24) is 10.6 Å². The van der Waals surface area contributed by atoms with E-state index < -0.39 is 0 Å². The molecule has 5 nitrogen and oxygen atoms in total. The number of hydrogen-bond acceptors (Lipinski definition) is 3. The van der Waals surface area contributed by atoms with Crippen LogP contribution in [0, 0.1) is 5.92 Å². The number of para-hydroxylation sites is 1. The Balaban J connectivity index is 0.00000192. The maximum atomic E-state index is 9.91. The van der Waals surface area contributed by atoms with Crippen molar-refractivity contribution in [1.29, 1.82) is 0 Å². The fraction of sp³-hybridized carbons (Fsp3) is 0.588. The number of nitrogens with zero attached hydrogens (tertiary/aromatic N) is 1. The number of hydrogen-bond donors (Lipinski definition) is 3. The second kappa shape index (κ2) is 8.73. The summed E-state index contributed by atoms with van der Waals surface area (Å²) in [5, 5.41) is 16.7. The molecule has 0 radical (unpaired) electrons. The number of aliphatic imine (C=N–C) groups is 1. The Kier molecular flexibility index (Phi) is 6.95. The standard InChI is InChI=1S/C17H25N3O2.HI/c1-18-17(19-11-12-5-4-7-15(12)21)20-14-9-10-22-16-8-3-2-6-13(14)16;/h2-3,6,8,12,14-15,21H,4-5,7,9-11H2,1H3,(H2,18,19,20);1H. The fourth-order valence-electron chi connectivity index (χ4n) is 3.33. The monoisotopic (exact) mass is 431 g/mol. The van der Waals surface area contributed by atoms with Crippen LogP contribution in [0.5, 0.6) is 5.75 Å². The Bertz CT molecular complexity index is 538. The van der Waals surface area contributed by atoms with E-state index in [0.717, 1.165) is 43.9 Å². The lowest BCUT2D eigenvalue weighted by atomic mass is 10.0. The average Bonchev–Trinajstić information content (AvgIpc) is 2.96. The summed E-state index contributed by atoms with van der Waals surface area (Å²) in [6, 6.07) is 8.35. The van der Waals surface area contributed by atoms with Crippen LogP contribution in [0.15, 0.2) is 29.3 Å². The van der Waals surface area contributed by atoms with Gasteiger partial charge in [-0.05, 0) is 18.9 Å². The van der Waals surface area contributed by atoms with Crippen LogP contribution in [0.1, 0.15) is 37.3 Å². The zero-order chi connectivity index (χ0) is 15.4. The highest BCUT2D eigenvalue weighted by atomic mass is 127. The summed E-state index contributed by atoms with van der Waals surface area (Å²) in [4.78, 5) is 4.31. The van der Waals surface area contributed by atoms with Crippen molar-refractivity contribution in [3.8, 4) is 5.75 Å². The number of ether oxygens (including phenoxy) is 1. The largest absolute Gasteiger partial charge is 0.493 e. The number of aliphatic hydroxyl groups is 1. The first-order chi connectivity index (χ1) is 10.8. The molecular formula is C17H26IN3O2. The Hall–Kier alpha value is -1.02. The molecule has 1 aromatic carbocycles. The zero-order valence-corrected chi connectivity index (χ0v) is 15.8. The van der Waals surface area contributed by atoms with E-state index >= 15 is 0 Å². The number of rotatable bonds is 3. The maximum absolute atomic E-state index is 9.91. The van der Waals surface area contributed by atoms with Gasteiger partial charge < -0.3 is 20.5 Å². The summed E-state index contributed by atoms with van der Waals surface area (Å²) in [6.45, 7) is 1.48. The highest BCUT2D eigenvalue weighted by molar-refractivity contribution is 14.0. The molecular weight excluding hydrogens is 405 g/mol. The van der Waals surface area contributed by atoms with Crippen molar-refractivity contribution in [2.75, 3.05) is 20.2 Å². The van der Waals surface area contributed by atoms with Gasteiger partial charge in [-0.2, -0.15) is 0 Å². The van der Waals surface area contributed by atoms with Gasteiger partial charge in [0.2, 0.25) is 0 Å². The predicted octanol–water partition coefficient (Wildman–Crippen LogP) is 2.45. The van der Waals surface area contributed by atoms with Gasteiger partial charge in [-0.3, -0.25) is 4.99 Å². The Morgan fingerprint density at radius 3 is 2.87 bits per heavy atom. The van der Waals surface area contributed by atoms with Gasteiger partial charge in [0.05, 0.1) is 18.8 Å². The van der Waals surface area contributed by atoms with Crippen LogP contribution < -0.4 is 15.4 Å². The minimum Gasteiger partial charge on any atom is -0.493 e. The van der Waals surface area contributed by atoms with Crippen LogP contribution in [0.4, 0.5) is 0 Å². The van der Waals surface area contributed by atoms with Crippen molar-refractivity contribution >= 4 is 29.9 Å². The minimum absolute atomic E-state index is 0. The third-order valence-electron chi connectivity index (χ3n) is 4.64. The summed E-state index contributed by atoms with van der Waals surface area (Å²) >= 11 is 0. The molecule has 0 saturated heterocycles. The molecule has 3 atom stereocenters. The predicted molar refractivity (Wildman–Crippen MR) is 103 cm³/mol. The van der Waals surface area contributed by atoms with Gasteiger partial charge in [0.25, 0.3) is 0 Å². The van der Waals surface area contributed by atoms with Gasteiger partial charge in [0, 0.05) is 31.5 Å². The van der Waals surface area contributed by atoms with Crippen molar-refractivity contribution in [2.45, 2.75) is 37.8 Å².